The number of amides is 2. The van der Waals surface area contributed by atoms with Gasteiger partial charge in [-0.05, 0) is 54.1 Å². The molecule has 0 saturated carbocycles. The third-order valence-corrected chi connectivity index (χ3v) is 7.22. The Labute approximate surface area is 230 Å². The molecule has 1 aliphatic heterocycles. The number of methoxy groups -OCH3 is 2. The highest BCUT2D eigenvalue weighted by atomic mass is 32.2. The van der Waals surface area contributed by atoms with Crippen molar-refractivity contribution in [3.63, 3.8) is 0 Å². The van der Waals surface area contributed by atoms with E-state index in [0.29, 0.717) is 39.9 Å². The number of hydrogen-bond donors (Lipinski definition) is 2. The van der Waals surface area contributed by atoms with Crippen LogP contribution in [0.15, 0.2) is 95.9 Å². The fourth-order valence-corrected chi connectivity index (χ4v) is 5.13. The van der Waals surface area contributed by atoms with Crippen LogP contribution in [-0.2, 0) is 4.79 Å². The lowest BCUT2D eigenvalue weighted by Gasteiger charge is -2.18. The third kappa shape index (κ3) is 6.10. The second-order valence-electron chi connectivity index (χ2n) is 8.52. The van der Waals surface area contributed by atoms with E-state index < -0.39 is 5.25 Å². The number of thioether (sulfide) groups is 1. The summed E-state index contributed by atoms with van der Waals surface area (Å²) in [5.41, 5.74) is 2.49. The second kappa shape index (κ2) is 11.8. The lowest BCUT2D eigenvalue weighted by atomic mass is 10.1. The molecule has 1 atom stereocenters. The van der Waals surface area contributed by atoms with Crippen molar-refractivity contribution in [3.05, 3.63) is 102 Å². The fraction of sp³-hybridized carbons (Fsp3) is 0.133. The molecule has 0 fully saturated rings. The Bertz CT molecular complexity index is 1490. The van der Waals surface area contributed by atoms with Crippen LogP contribution >= 0.6 is 11.8 Å². The largest absolute Gasteiger partial charge is 0.493 e. The number of carbonyl (C=O) groups excluding carboxylic acids is 2. The molecule has 0 aromatic heterocycles. The van der Waals surface area contributed by atoms with E-state index in [1.165, 1.54) is 18.9 Å². The molecule has 0 saturated heterocycles. The minimum absolute atomic E-state index is 0.161. The minimum Gasteiger partial charge on any atom is -0.493 e. The first-order valence-corrected chi connectivity index (χ1v) is 13.0. The summed E-state index contributed by atoms with van der Waals surface area (Å²) in [6.45, 7) is 0.161. The number of anilines is 2. The van der Waals surface area contributed by atoms with Crippen molar-refractivity contribution in [2.24, 2.45) is 0 Å². The molecule has 39 heavy (non-hydrogen) atoms. The zero-order valence-corrected chi connectivity index (χ0v) is 22.1. The molecule has 4 aromatic carbocycles. The van der Waals surface area contributed by atoms with Crippen molar-refractivity contribution in [3.8, 4) is 23.0 Å². The van der Waals surface area contributed by atoms with Crippen LogP contribution in [0.2, 0.25) is 0 Å². The van der Waals surface area contributed by atoms with Crippen LogP contribution in [0.5, 0.6) is 23.0 Å². The Kier molecular flexibility index (Phi) is 7.88. The van der Waals surface area contributed by atoms with Crippen LogP contribution < -0.4 is 29.6 Å². The summed E-state index contributed by atoms with van der Waals surface area (Å²) in [4.78, 5) is 27.2. The number of ether oxygens (including phenoxy) is 4. The van der Waals surface area contributed by atoms with Crippen molar-refractivity contribution < 1.29 is 28.5 Å². The molecule has 0 aliphatic carbocycles. The molecular weight excluding hydrogens is 516 g/mol. The Morgan fingerprint density at radius 3 is 2.33 bits per heavy atom. The van der Waals surface area contributed by atoms with Crippen molar-refractivity contribution in [2.45, 2.75) is 10.1 Å². The van der Waals surface area contributed by atoms with Crippen LogP contribution in [-0.4, -0.2) is 32.8 Å². The molecule has 0 radical (unpaired) electrons. The lowest BCUT2D eigenvalue weighted by Crippen LogP contribution is -2.19. The third-order valence-electron chi connectivity index (χ3n) is 5.97. The first kappa shape index (κ1) is 26.0. The molecule has 0 bridgehead atoms. The molecule has 4 aromatic rings. The van der Waals surface area contributed by atoms with E-state index in [2.05, 4.69) is 10.6 Å². The van der Waals surface area contributed by atoms with Crippen molar-refractivity contribution >= 4 is 35.0 Å². The van der Waals surface area contributed by atoms with Crippen LogP contribution in [0.25, 0.3) is 0 Å². The fourth-order valence-electron chi connectivity index (χ4n) is 4.05. The topological polar surface area (TPSA) is 95.1 Å². The van der Waals surface area contributed by atoms with Crippen LogP contribution in [0.1, 0.15) is 21.2 Å². The highest BCUT2D eigenvalue weighted by molar-refractivity contribution is 8.00. The van der Waals surface area contributed by atoms with E-state index >= 15 is 0 Å². The average Bonchev–Trinajstić information content (AvgIpc) is 3.44. The second-order valence-corrected chi connectivity index (χ2v) is 9.70. The quantitative estimate of drug-likeness (QED) is 0.245. The van der Waals surface area contributed by atoms with Gasteiger partial charge in [0.15, 0.2) is 23.0 Å². The summed E-state index contributed by atoms with van der Waals surface area (Å²) >= 11 is 1.39. The molecule has 1 heterocycles. The molecule has 8 nitrogen and oxygen atoms in total. The number of rotatable bonds is 9. The van der Waals surface area contributed by atoms with Crippen molar-refractivity contribution in [1.29, 1.82) is 0 Å². The molecule has 2 amide bonds. The Hall–Kier alpha value is -4.63. The van der Waals surface area contributed by atoms with Gasteiger partial charge in [0, 0.05) is 27.9 Å². The first-order valence-electron chi connectivity index (χ1n) is 12.1. The van der Waals surface area contributed by atoms with E-state index in [4.69, 9.17) is 18.9 Å². The predicted molar refractivity (Wildman–Crippen MR) is 150 cm³/mol. The molecule has 0 spiro atoms. The smallest absolute Gasteiger partial charge is 0.255 e. The van der Waals surface area contributed by atoms with Gasteiger partial charge in [0.05, 0.1) is 14.2 Å². The SMILES string of the molecule is COc1ccc(C(=O)Nc2cccc(SC(C(=O)Nc3ccc4c(c3)OCO4)c3ccccc3)c2)cc1OC. The van der Waals surface area contributed by atoms with Gasteiger partial charge < -0.3 is 29.6 Å². The molecule has 9 heteroatoms. The van der Waals surface area contributed by atoms with Crippen LogP contribution in [0, 0.1) is 0 Å². The van der Waals surface area contributed by atoms with Gasteiger partial charge in [-0.15, -0.1) is 11.8 Å². The van der Waals surface area contributed by atoms with E-state index in [-0.39, 0.29) is 18.6 Å². The van der Waals surface area contributed by atoms with Gasteiger partial charge in [0.2, 0.25) is 12.7 Å². The zero-order chi connectivity index (χ0) is 27.2. The number of hydrogen-bond acceptors (Lipinski definition) is 7. The molecule has 198 valence electrons. The van der Waals surface area contributed by atoms with Gasteiger partial charge in [-0.2, -0.15) is 0 Å². The Balaban J connectivity index is 1.34. The predicted octanol–water partition coefficient (Wildman–Crippen LogP) is 6.16. The minimum atomic E-state index is -0.548. The number of nitrogens with one attached hydrogen (secondary N) is 2. The molecule has 5 rings (SSSR count). The summed E-state index contributed by atoms with van der Waals surface area (Å²) in [6, 6.07) is 27.2. The van der Waals surface area contributed by atoms with Gasteiger partial charge in [-0.1, -0.05) is 36.4 Å². The summed E-state index contributed by atoms with van der Waals surface area (Å²) in [7, 11) is 3.06. The summed E-state index contributed by atoms with van der Waals surface area (Å²) in [5.74, 6) is 1.76. The maximum absolute atomic E-state index is 13.5. The zero-order valence-electron chi connectivity index (χ0n) is 21.3. The van der Waals surface area contributed by atoms with Crippen molar-refractivity contribution in [1.82, 2.24) is 0 Å². The number of carbonyl (C=O) groups is 2. The van der Waals surface area contributed by atoms with E-state index in [9.17, 15) is 9.59 Å². The van der Waals surface area contributed by atoms with E-state index in [0.717, 1.165) is 10.5 Å². The summed E-state index contributed by atoms with van der Waals surface area (Å²) < 4.78 is 21.4. The number of fused-ring (bicyclic) bond motifs is 1. The normalized spacial score (nSPS) is 12.4. The van der Waals surface area contributed by atoms with E-state index in [1.54, 1.807) is 49.6 Å². The lowest BCUT2D eigenvalue weighted by molar-refractivity contribution is -0.115. The summed E-state index contributed by atoms with van der Waals surface area (Å²) in [6.07, 6.45) is 0. The van der Waals surface area contributed by atoms with E-state index in [1.807, 2.05) is 48.5 Å². The molecule has 2 N–H and O–H groups in total. The maximum atomic E-state index is 13.5. The Morgan fingerprint density at radius 2 is 1.54 bits per heavy atom. The Morgan fingerprint density at radius 1 is 0.769 bits per heavy atom. The highest BCUT2D eigenvalue weighted by Gasteiger charge is 2.23. The van der Waals surface area contributed by atoms with Crippen LogP contribution in [0.3, 0.4) is 0 Å². The average molecular weight is 543 g/mol. The summed E-state index contributed by atoms with van der Waals surface area (Å²) in [5, 5.41) is 5.36. The monoisotopic (exact) mass is 542 g/mol. The van der Waals surface area contributed by atoms with Gasteiger partial charge in [-0.25, -0.2) is 0 Å². The van der Waals surface area contributed by atoms with Crippen molar-refractivity contribution in [2.75, 3.05) is 31.6 Å². The molecule has 1 aliphatic rings. The van der Waals surface area contributed by atoms with Gasteiger partial charge in [0.25, 0.3) is 5.91 Å². The van der Waals surface area contributed by atoms with Gasteiger partial charge in [-0.3, -0.25) is 9.59 Å². The number of benzene rings is 4. The molecule has 1 unspecified atom stereocenters. The first-order chi connectivity index (χ1) is 19.0. The standard InChI is InChI=1S/C30H26N2O6S/c1-35-24-13-11-20(15-26(24)36-2)29(33)31-21-9-6-10-23(16-21)39-28(19-7-4-3-5-8-19)30(34)32-22-12-14-25-27(17-22)38-18-37-25/h3-17,28H,18H2,1-2H3,(H,31,33)(H,32,34). The van der Waals surface area contributed by atoms with Gasteiger partial charge >= 0.3 is 0 Å². The van der Waals surface area contributed by atoms with Gasteiger partial charge in [0.1, 0.15) is 5.25 Å². The molecular formula is C30H26N2O6S. The van der Waals surface area contributed by atoms with Crippen LogP contribution in [0.4, 0.5) is 11.4 Å². The maximum Gasteiger partial charge on any atom is 0.255 e. The highest BCUT2D eigenvalue weighted by Crippen LogP contribution is 2.39.